The summed E-state index contributed by atoms with van der Waals surface area (Å²) in [6, 6.07) is 10.7. The Labute approximate surface area is 177 Å². The van der Waals surface area contributed by atoms with Crippen molar-refractivity contribution in [1.82, 2.24) is 19.7 Å². The molecule has 0 atom stereocenters. The van der Waals surface area contributed by atoms with Crippen molar-refractivity contribution < 1.29 is 14.0 Å². The fraction of sp³-hybridized carbons (Fsp3) is 0.333. The van der Waals surface area contributed by atoms with Gasteiger partial charge in [0, 0.05) is 13.1 Å². The van der Waals surface area contributed by atoms with Gasteiger partial charge in [0.15, 0.2) is 5.16 Å². The van der Waals surface area contributed by atoms with Crippen LogP contribution in [0.5, 0.6) is 0 Å². The highest BCUT2D eigenvalue weighted by Gasteiger charge is 2.35. The van der Waals surface area contributed by atoms with Crippen molar-refractivity contribution in [3.8, 4) is 0 Å². The number of aromatic nitrogens is 3. The van der Waals surface area contributed by atoms with E-state index < -0.39 is 0 Å². The molecule has 1 aromatic carbocycles. The largest absolute Gasteiger partial charge is 0.467 e. The summed E-state index contributed by atoms with van der Waals surface area (Å²) in [7, 11) is 0. The summed E-state index contributed by atoms with van der Waals surface area (Å²) in [6.45, 7) is 2.38. The van der Waals surface area contributed by atoms with Crippen molar-refractivity contribution in [2.45, 2.75) is 31.0 Å². The van der Waals surface area contributed by atoms with Crippen LogP contribution in [0.2, 0.25) is 0 Å². The maximum atomic E-state index is 12.6. The molecule has 0 N–H and O–H groups in total. The molecule has 1 saturated heterocycles. The number of amides is 2. The van der Waals surface area contributed by atoms with Crippen molar-refractivity contribution in [2.24, 2.45) is 0 Å². The number of benzene rings is 1. The molecule has 0 radical (unpaired) electrons. The lowest BCUT2D eigenvalue weighted by molar-refractivity contribution is 0.0684. The normalized spacial score (nSPS) is 16.4. The van der Waals surface area contributed by atoms with Crippen LogP contribution in [-0.2, 0) is 6.54 Å². The molecule has 2 aliphatic rings. The number of furan rings is 1. The number of thioether (sulfide) groups is 1. The van der Waals surface area contributed by atoms with Crippen molar-refractivity contribution in [3.63, 3.8) is 0 Å². The first-order chi connectivity index (χ1) is 14.7. The molecule has 2 aromatic heterocycles. The van der Waals surface area contributed by atoms with Crippen LogP contribution in [0.1, 0.15) is 45.7 Å². The molecule has 9 heteroatoms. The second-order valence-electron chi connectivity index (χ2n) is 7.35. The highest BCUT2D eigenvalue weighted by molar-refractivity contribution is 7.99. The Kier molecular flexibility index (Phi) is 5.04. The van der Waals surface area contributed by atoms with Gasteiger partial charge in [-0.1, -0.05) is 23.9 Å². The van der Waals surface area contributed by atoms with E-state index in [1.165, 1.54) is 23.1 Å². The van der Waals surface area contributed by atoms with E-state index in [-0.39, 0.29) is 17.7 Å². The lowest BCUT2D eigenvalue weighted by Crippen LogP contribution is -2.32. The Morgan fingerprint density at radius 2 is 1.67 bits per heavy atom. The smallest absolute Gasteiger partial charge is 0.262 e. The van der Waals surface area contributed by atoms with E-state index in [0.29, 0.717) is 22.8 Å². The number of fused-ring (bicyclic) bond motifs is 1. The van der Waals surface area contributed by atoms with Gasteiger partial charge in [-0.05, 0) is 43.5 Å². The van der Waals surface area contributed by atoms with Crippen LogP contribution in [0.4, 0.5) is 5.95 Å². The van der Waals surface area contributed by atoms with Crippen LogP contribution in [0.25, 0.3) is 0 Å². The van der Waals surface area contributed by atoms with Gasteiger partial charge in [-0.25, -0.2) is 0 Å². The Hall–Kier alpha value is -3.07. The number of anilines is 1. The first-order valence-electron chi connectivity index (χ1n) is 10.0. The lowest BCUT2D eigenvalue weighted by Gasteiger charge is -2.27. The maximum absolute atomic E-state index is 12.6. The van der Waals surface area contributed by atoms with E-state index in [9.17, 15) is 9.59 Å². The summed E-state index contributed by atoms with van der Waals surface area (Å²) < 4.78 is 7.54. The quantitative estimate of drug-likeness (QED) is 0.444. The van der Waals surface area contributed by atoms with Crippen LogP contribution in [0, 0.1) is 0 Å². The van der Waals surface area contributed by atoms with E-state index in [0.717, 1.165) is 37.6 Å². The molecule has 0 unspecified atom stereocenters. The number of hydrogen-bond donors (Lipinski definition) is 0. The van der Waals surface area contributed by atoms with Crippen molar-refractivity contribution in [3.05, 3.63) is 59.5 Å². The molecule has 8 nitrogen and oxygen atoms in total. The van der Waals surface area contributed by atoms with Crippen LogP contribution in [-0.4, -0.2) is 50.4 Å². The minimum atomic E-state index is -0.267. The SMILES string of the molecule is O=C1c2ccccc2C(=O)N1CSc1nnc(N2CCCCC2)n1Cc1ccco1. The molecule has 2 aliphatic heterocycles. The zero-order chi connectivity index (χ0) is 20.5. The lowest BCUT2D eigenvalue weighted by atomic mass is 10.1. The first-order valence-corrected chi connectivity index (χ1v) is 11.0. The first kappa shape index (κ1) is 18.9. The average molecular weight is 423 g/mol. The minimum Gasteiger partial charge on any atom is -0.467 e. The van der Waals surface area contributed by atoms with E-state index in [4.69, 9.17) is 4.42 Å². The van der Waals surface area contributed by atoms with Crippen molar-refractivity contribution >= 4 is 29.5 Å². The number of imide groups is 1. The van der Waals surface area contributed by atoms with E-state index in [2.05, 4.69) is 15.1 Å². The molecule has 3 aromatic rings. The Balaban J connectivity index is 1.38. The second kappa shape index (κ2) is 7.98. The molecule has 30 heavy (non-hydrogen) atoms. The Morgan fingerprint density at radius 3 is 2.33 bits per heavy atom. The van der Waals surface area contributed by atoms with Gasteiger partial charge in [0.05, 0.1) is 29.8 Å². The van der Waals surface area contributed by atoms with Crippen LogP contribution < -0.4 is 4.90 Å². The van der Waals surface area contributed by atoms with Crippen LogP contribution in [0.15, 0.2) is 52.2 Å². The van der Waals surface area contributed by atoms with E-state index in [1.807, 2.05) is 16.7 Å². The number of rotatable bonds is 6. The van der Waals surface area contributed by atoms with Gasteiger partial charge in [0.25, 0.3) is 11.8 Å². The molecular formula is C21H21N5O3S. The molecule has 0 saturated carbocycles. The number of nitrogens with zero attached hydrogens (tertiary/aromatic N) is 5. The fourth-order valence-electron chi connectivity index (χ4n) is 3.89. The Bertz CT molecular complexity index is 1040. The standard InChI is InChI=1S/C21H21N5O3S/c27-18-16-8-2-3-9-17(16)19(28)26(18)14-30-21-23-22-20(24-10-4-1-5-11-24)25(21)13-15-7-6-12-29-15/h2-3,6-9,12H,1,4-5,10-11,13-14H2. The number of carbonyl (C=O) groups excluding carboxylic acids is 2. The molecule has 154 valence electrons. The molecular weight excluding hydrogens is 402 g/mol. The summed E-state index contributed by atoms with van der Waals surface area (Å²) in [5.41, 5.74) is 0.906. The van der Waals surface area contributed by atoms with Gasteiger partial charge in [-0.3, -0.25) is 19.1 Å². The second-order valence-corrected chi connectivity index (χ2v) is 8.27. The van der Waals surface area contributed by atoms with E-state index >= 15 is 0 Å². The van der Waals surface area contributed by atoms with Gasteiger partial charge in [-0.2, -0.15) is 0 Å². The highest BCUT2D eigenvalue weighted by atomic mass is 32.2. The van der Waals surface area contributed by atoms with Crippen LogP contribution in [0.3, 0.4) is 0 Å². The Morgan fingerprint density at radius 1 is 0.933 bits per heavy atom. The van der Waals surface area contributed by atoms with Gasteiger partial charge < -0.3 is 9.32 Å². The predicted octanol–water partition coefficient (Wildman–Crippen LogP) is 3.26. The molecule has 0 bridgehead atoms. The van der Waals surface area contributed by atoms with Crippen molar-refractivity contribution in [2.75, 3.05) is 23.9 Å². The maximum Gasteiger partial charge on any atom is 0.262 e. The molecule has 2 amide bonds. The predicted molar refractivity (Wildman–Crippen MR) is 112 cm³/mol. The monoisotopic (exact) mass is 423 g/mol. The summed E-state index contributed by atoms with van der Waals surface area (Å²) in [5, 5.41) is 9.46. The zero-order valence-corrected chi connectivity index (χ0v) is 17.2. The summed E-state index contributed by atoms with van der Waals surface area (Å²) in [6.07, 6.45) is 5.13. The van der Waals surface area contributed by atoms with Gasteiger partial charge in [0.2, 0.25) is 5.95 Å². The highest BCUT2D eigenvalue weighted by Crippen LogP contribution is 2.29. The van der Waals surface area contributed by atoms with Crippen molar-refractivity contribution in [1.29, 1.82) is 0 Å². The zero-order valence-electron chi connectivity index (χ0n) is 16.4. The fourth-order valence-corrected chi connectivity index (χ4v) is 4.77. The minimum absolute atomic E-state index is 0.183. The van der Waals surface area contributed by atoms with Gasteiger partial charge in [0.1, 0.15) is 5.76 Å². The third-order valence-corrected chi connectivity index (χ3v) is 6.38. The summed E-state index contributed by atoms with van der Waals surface area (Å²) >= 11 is 1.33. The number of hydrogen-bond acceptors (Lipinski definition) is 7. The summed E-state index contributed by atoms with van der Waals surface area (Å²) in [4.78, 5) is 28.8. The number of piperidine rings is 1. The van der Waals surface area contributed by atoms with Gasteiger partial charge >= 0.3 is 0 Å². The number of carbonyl (C=O) groups is 2. The molecule has 0 aliphatic carbocycles. The van der Waals surface area contributed by atoms with Gasteiger partial charge in [-0.15, -0.1) is 10.2 Å². The average Bonchev–Trinajstić information content (AvgIpc) is 3.49. The molecule has 5 rings (SSSR count). The molecule has 1 fully saturated rings. The summed E-state index contributed by atoms with van der Waals surface area (Å²) in [5.74, 6) is 1.25. The molecule has 0 spiro atoms. The third kappa shape index (κ3) is 3.39. The molecule has 4 heterocycles. The van der Waals surface area contributed by atoms with Crippen LogP contribution >= 0.6 is 11.8 Å². The third-order valence-electron chi connectivity index (χ3n) is 5.43. The topological polar surface area (TPSA) is 84.5 Å². The van der Waals surface area contributed by atoms with E-state index in [1.54, 1.807) is 30.5 Å².